The van der Waals surface area contributed by atoms with Crippen LogP contribution in [0.5, 0.6) is 0 Å². The summed E-state index contributed by atoms with van der Waals surface area (Å²) in [6, 6.07) is 15.4. The van der Waals surface area contributed by atoms with Gasteiger partial charge < -0.3 is 15.0 Å². The van der Waals surface area contributed by atoms with Crippen LogP contribution in [-0.2, 0) is 4.74 Å². The normalized spacial score (nSPS) is 19.0. The predicted molar refractivity (Wildman–Crippen MR) is 123 cm³/mol. The minimum atomic E-state index is -4.08. The quantitative estimate of drug-likeness (QED) is 0.515. The summed E-state index contributed by atoms with van der Waals surface area (Å²) < 4.78 is 45.1. The van der Waals surface area contributed by atoms with Crippen molar-refractivity contribution in [2.45, 2.75) is 38.3 Å². The Morgan fingerprint density at radius 3 is 2.09 bits per heavy atom. The molecule has 1 aliphatic carbocycles. The summed E-state index contributed by atoms with van der Waals surface area (Å²) in [6.45, 7) is 2.47. The second-order valence-corrected chi connectivity index (χ2v) is 9.38. The van der Waals surface area contributed by atoms with Crippen molar-refractivity contribution in [1.82, 2.24) is 4.90 Å². The van der Waals surface area contributed by atoms with Gasteiger partial charge in [0.25, 0.3) is 0 Å². The number of nitrogens with one attached hydrogen (secondary N) is 1. The zero-order valence-electron chi connectivity index (χ0n) is 19.0. The highest BCUT2D eigenvalue weighted by Gasteiger charge is 2.58. The highest BCUT2D eigenvalue weighted by Crippen LogP contribution is 2.53. The van der Waals surface area contributed by atoms with Crippen molar-refractivity contribution in [3.63, 3.8) is 0 Å². The standard InChI is InChI=1S/C26H31F3N2O2/c1-33-24(32)22-5-3-20(4-6-22)21-7-9-23(10-8-21)30-17-19-11-15-31(16-12-19)18-25(13-2-14-25)26(27,28)29/h3-10,19,30H,2,11-18H2,1H3. The van der Waals surface area contributed by atoms with Gasteiger partial charge >= 0.3 is 12.1 Å². The summed E-state index contributed by atoms with van der Waals surface area (Å²) >= 11 is 0. The van der Waals surface area contributed by atoms with E-state index in [0.717, 1.165) is 49.3 Å². The zero-order chi connectivity index (χ0) is 23.5. The van der Waals surface area contributed by atoms with Crippen molar-refractivity contribution in [3.8, 4) is 11.1 Å². The van der Waals surface area contributed by atoms with E-state index in [4.69, 9.17) is 4.74 Å². The third-order valence-corrected chi connectivity index (χ3v) is 7.26. The molecule has 1 N–H and O–H groups in total. The number of ether oxygens (including phenoxy) is 1. The Balaban J connectivity index is 1.24. The molecule has 7 heteroatoms. The number of anilines is 1. The number of likely N-dealkylation sites (tertiary alicyclic amines) is 1. The molecule has 0 bridgehead atoms. The molecule has 1 saturated carbocycles. The third kappa shape index (κ3) is 5.35. The minimum Gasteiger partial charge on any atom is -0.465 e. The Morgan fingerprint density at radius 2 is 1.61 bits per heavy atom. The van der Waals surface area contributed by atoms with Crippen LogP contribution in [0.3, 0.4) is 0 Å². The number of methoxy groups -OCH3 is 1. The molecule has 178 valence electrons. The van der Waals surface area contributed by atoms with E-state index < -0.39 is 11.6 Å². The molecule has 0 unspecified atom stereocenters. The Labute approximate surface area is 193 Å². The van der Waals surface area contributed by atoms with Gasteiger partial charge in [-0.25, -0.2) is 4.79 Å². The van der Waals surface area contributed by atoms with Crippen LogP contribution < -0.4 is 5.32 Å². The fourth-order valence-electron chi connectivity index (χ4n) is 4.87. The van der Waals surface area contributed by atoms with Crippen molar-refractivity contribution >= 4 is 11.7 Å². The van der Waals surface area contributed by atoms with E-state index in [9.17, 15) is 18.0 Å². The van der Waals surface area contributed by atoms with Crippen LogP contribution in [0.15, 0.2) is 48.5 Å². The van der Waals surface area contributed by atoms with Gasteiger partial charge in [-0.05, 0) is 80.1 Å². The van der Waals surface area contributed by atoms with Gasteiger partial charge in [0.1, 0.15) is 0 Å². The fraction of sp³-hybridized carbons (Fsp3) is 0.500. The van der Waals surface area contributed by atoms with E-state index in [1.54, 1.807) is 12.1 Å². The average Bonchev–Trinajstić information content (AvgIpc) is 2.80. The van der Waals surface area contributed by atoms with Crippen LogP contribution in [-0.4, -0.2) is 50.3 Å². The van der Waals surface area contributed by atoms with E-state index in [1.807, 2.05) is 41.3 Å². The number of alkyl halides is 3. The molecule has 33 heavy (non-hydrogen) atoms. The maximum Gasteiger partial charge on any atom is 0.395 e. The first-order valence-electron chi connectivity index (χ1n) is 11.6. The zero-order valence-corrected chi connectivity index (χ0v) is 19.0. The molecule has 0 amide bonds. The lowest BCUT2D eigenvalue weighted by molar-refractivity contribution is -0.256. The topological polar surface area (TPSA) is 41.6 Å². The first-order chi connectivity index (χ1) is 15.8. The van der Waals surface area contributed by atoms with Gasteiger partial charge in [-0.3, -0.25) is 0 Å². The van der Waals surface area contributed by atoms with E-state index in [2.05, 4.69) is 5.32 Å². The lowest BCUT2D eigenvalue weighted by Crippen LogP contribution is -2.53. The van der Waals surface area contributed by atoms with Crippen LogP contribution in [0.1, 0.15) is 42.5 Å². The summed E-state index contributed by atoms with van der Waals surface area (Å²) in [4.78, 5) is 13.6. The number of halogens is 3. The maximum absolute atomic E-state index is 13.4. The molecule has 0 spiro atoms. The summed E-state index contributed by atoms with van der Waals surface area (Å²) in [5.74, 6) is 0.116. The second-order valence-electron chi connectivity index (χ2n) is 9.38. The fourth-order valence-corrected chi connectivity index (χ4v) is 4.87. The molecule has 2 aromatic carbocycles. The molecule has 2 aliphatic rings. The summed E-state index contributed by atoms with van der Waals surface area (Å²) in [7, 11) is 1.36. The predicted octanol–water partition coefficient (Wildman–Crippen LogP) is 6.00. The first-order valence-corrected chi connectivity index (χ1v) is 11.6. The molecule has 0 atom stereocenters. The van der Waals surface area contributed by atoms with Gasteiger partial charge in [0.05, 0.1) is 18.1 Å². The molecule has 4 nitrogen and oxygen atoms in total. The van der Waals surface area contributed by atoms with Crippen LogP contribution in [0.2, 0.25) is 0 Å². The monoisotopic (exact) mass is 460 g/mol. The molecule has 1 saturated heterocycles. The molecule has 2 aromatic rings. The molecule has 1 aliphatic heterocycles. The van der Waals surface area contributed by atoms with Gasteiger partial charge in [-0.1, -0.05) is 30.7 Å². The molecular weight excluding hydrogens is 429 g/mol. The Hall–Kier alpha value is -2.54. The van der Waals surface area contributed by atoms with Crippen LogP contribution in [0.4, 0.5) is 18.9 Å². The number of carbonyl (C=O) groups excluding carboxylic acids is 1. The van der Waals surface area contributed by atoms with E-state index in [0.29, 0.717) is 17.9 Å². The van der Waals surface area contributed by atoms with Crippen LogP contribution in [0, 0.1) is 11.3 Å². The van der Waals surface area contributed by atoms with E-state index in [1.165, 1.54) is 7.11 Å². The van der Waals surface area contributed by atoms with E-state index in [-0.39, 0.29) is 25.4 Å². The van der Waals surface area contributed by atoms with Crippen molar-refractivity contribution in [1.29, 1.82) is 0 Å². The Morgan fingerprint density at radius 1 is 1.03 bits per heavy atom. The molecule has 2 fully saturated rings. The first kappa shape index (κ1) is 23.6. The van der Waals surface area contributed by atoms with Crippen LogP contribution >= 0.6 is 0 Å². The average molecular weight is 461 g/mol. The lowest BCUT2D eigenvalue weighted by Gasteiger charge is -2.47. The number of piperidine rings is 1. The van der Waals surface area contributed by atoms with E-state index >= 15 is 0 Å². The number of nitrogens with zero attached hydrogens (tertiary/aromatic N) is 1. The largest absolute Gasteiger partial charge is 0.465 e. The molecule has 1 heterocycles. The van der Waals surface area contributed by atoms with Crippen molar-refractivity contribution in [2.75, 3.05) is 38.6 Å². The van der Waals surface area contributed by atoms with Crippen molar-refractivity contribution < 1.29 is 22.7 Å². The van der Waals surface area contributed by atoms with Crippen LogP contribution in [0.25, 0.3) is 11.1 Å². The molecular formula is C26H31F3N2O2. The van der Waals surface area contributed by atoms with Gasteiger partial charge in [-0.15, -0.1) is 0 Å². The van der Waals surface area contributed by atoms with Gasteiger partial charge in [0.2, 0.25) is 0 Å². The molecule has 4 rings (SSSR count). The summed E-state index contributed by atoms with van der Waals surface area (Å²) in [6.07, 6.45) is -0.985. The summed E-state index contributed by atoms with van der Waals surface area (Å²) in [5.41, 5.74) is 2.16. The third-order valence-electron chi connectivity index (χ3n) is 7.26. The van der Waals surface area contributed by atoms with Crippen molar-refractivity contribution in [2.24, 2.45) is 11.3 Å². The number of esters is 1. The van der Waals surface area contributed by atoms with Gasteiger partial charge in [0, 0.05) is 18.8 Å². The molecule has 0 radical (unpaired) electrons. The van der Waals surface area contributed by atoms with Gasteiger partial charge in [0.15, 0.2) is 0 Å². The number of rotatable bonds is 7. The maximum atomic E-state index is 13.4. The second kappa shape index (κ2) is 9.75. The highest BCUT2D eigenvalue weighted by atomic mass is 19.4. The number of carbonyl (C=O) groups is 1. The minimum absolute atomic E-state index is 0.165. The van der Waals surface area contributed by atoms with Gasteiger partial charge in [-0.2, -0.15) is 13.2 Å². The SMILES string of the molecule is COC(=O)c1ccc(-c2ccc(NCC3CCN(CC4(C(F)(F)F)CCC4)CC3)cc2)cc1. The van der Waals surface area contributed by atoms with Crippen molar-refractivity contribution in [3.05, 3.63) is 54.1 Å². The Kier molecular flexibility index (Phi) is 6.98. The number of benzene rings is 2. The number of hydrogen-bond donors (Lipinski definition) is 1. The molecule has 0 aromatic heterocycles. The summed E-state index contributed by atoms with van der Waals surface area (Å²) in [5, 5.41) is 3.47. The smallest absolute Gasteiger partial charge is 0.395 e. The highest BCUT2D eigenvalue weighted by molar-refractivity contribution is 5.90. The Bertz CT molecular complexity index is 930. The number of hydrogen-bond acceptors (Lipinski definition) is 4. The lowest BCUT2D eigenvalue weighted by atomic mass is 9.67.